The molecule has 0 heterocycles. The SMILES string of the molecule is CC(Cc1ccccc1F)N[C@@H](CO)Cc1ccccc1. The molecule has 0 aliphatic carbocycles. The van der Waals surface area contributed by atoms with Crippen molar-refractivity contribution in [2.24, 2.45) is 0 Å². The summed E-state index contributed by atoms with van der Waals surface area (Å²) in [6.45, 7) is 2.08. The highest BCUT2D eigenvalue weighted by Crippen LogP contribution is 2.10. The molecule has 0 radical (unpaired) electrons. The Labute approximate surface area is 125 Å². The minimum absolute atomic E-state index is 0.0193. The van der Waals surface area contributed by atoms with Crippen LogP contribution in [0.3, 0.4) is 0 Å². The predicted molar refractivity (Wildman–Crippen MR) is 83.7 cm³/mol. The van der Waals surface area contributed by atoms with Gasteiger partial charge in [-0.1, -0.05) is 48.5 Å². The van der Waals surface area contributed by atoms with Gasteiger partial charge in [0.2, 0.25) is 0 Å². The van der Waals surface area contributed by atoms with Gasteiger partial charge in [-0.05, 0) is 37.0 Å². The standard InChI is InChI=1S/C18H22FNO/c1-14(11-16-9-5-6-10-18(16)19)20-17(13-21)12-15-7-3-2-4-8-15/h2-10,14,17,20-21H,11-13H2,1H3/t14?,17-/m1/s1. The number of nitrogens with one attached hydrogen (secondary N) is 1. The maximum Gasteiger partial charge on any atom is 0.126 e. The topological polar surface area (TPSA) is 32.3 Å². The molecule has 0 aliphatic heterocycles. The Morgan fingerprint density at radius 1 is 1.00 bits per heavy atom. The van der Waals surface area contributed by atoms with E-state index in [0.29, 0.717) is 12.0 Å². The fraction of sp³-hybridized carbons (Fsp3) is 0.333. The maximum atomic E-state index is 13.6. The highest BCUT2D eigenvalue weighted by Gasteiger charge is 2.13. The predicted octanol–water partition coefficient (Wildman–Crippen LogP) is 2.95. The third kappa shape index (κ3) is 4.96. The summed E-state index contributed by atoms with van der Waals surface area (Å²) in [7, 11) is 0. The first-order chi connectivity index (χ1) is 10.2. The highest BCUT2D eigenvalue weighted by molar-refractivity contribution is 5.19. The maximum absolute atomic E-state index is 13.6. The molecule has 0 spiro atoms. The second-order valence-electron chi connectivity index (χ2n) is 5.43. The number of hydrogen-bond donors (Lipinski definition) is 2. The summed E-state index contributed by atoms with van der Waals surface area (Å²) in [5, 5.41) is 12.9. The van der Waals surface area contributed by atoms with Crippen LogP contribution in [0.5, 0.6) is 0 Å². The van der Waals surface area contributed by atoms with E-state index in [2.05, 4.69) is 5.32 Å². The molecule has 0 bridgehead atoms. The van der Waals surface area contributed by atoms with Gasteiger partial charge >= 0.3 is 0 Å². The molecule has 1 unspecified atom stereocenters. The highest BCUT2D eigenvalue weighted by atomic mass is 19.1. The summed E-state index contributed by atoms with van der Waals surface area (Å²) >= 11 is 0. The molecular weight excluding hydrogens is 265 g/mol. The Bertz CT molecular complexity index is 544. The molecule has 2 N–H and O–H groups in total. The summed E-state index contributed by atoms with van der Waals surface area (Å²) < 4.78 is 13.6. The summed E-state index contributed by atoms with van der Waals surface area (Å²) in [6, 6.07) is 17.0. The molecule has 0 amide bonds. The fourth-order valence-corrected chi connectivity index (χ4v) is 2.53. The van der Waals surface area contributed by atoms with E-state index in [1.807, 2.05) is 43.3 Å². The van der Waals surface area contributed by atoms with Crippen molar-refractivity contribution in [3.8, 4) is 0 Å². The Kier molecular flexibility index (Phi) is 5.90. The van der Waals surface area contributed by atoms with Crippen LogP contribution in [0.25, 0.3) is 0 Å². The number of halogens is 1. The van der Waals surface area contributed by atoms with E-state index in [-0.39, 0.29) is 24.5 Å². The van der Waals surface area contributed by atoms with Gasteiger partial charge in [0.15, 0.2) is 0 Å². The van der Waals surface area contributed by atoms with Gasteiger partial charge in [0, 0.05) is 12.1 Å². The number of benzene rings is 2. The van der Waals surface area contributed by atoms with Crippen LogP contribution in [0.4, 0.5) is 4.39 Å². The molecule has 3 heteroatoms. The summed E-state index contributed by atoms with van der Waals surface area (Å²) in [4.78, 5) is 0. The first kappa shape index (κ1) is 15.7. The molecule has 2 aromatic rings. The second kappa shape index (κ2) is 7.91. The van der Waals surface area contributed by atoms with Crippen LogP contribution in [0.1, 0.15) is 18.1 Å². The number of rotatable bonds is 7. The lowest BCUT2D eigenvalue weighted by Gasteiger charge is -2.22. The van der Waals surface area contributed by atoms with E-state index in [4.69, 9.17) is 0 Å². The van der Waals surface area contributed by atoms with Gasteiger partial charge in [0.25, 0.3) is 0 Å². The van der Waals surface area contributed by atoms with Crippen molar-refractivity contribution in [3.63, 3.8) is 0 Å². The first-order valence-corrected chi connectivity index (χ1v) is 7.33. The monoisotopic (exact) mass is 287 g/mol. The van der Waals surface area contributed by atoms with Crippen LogP contribution in [0.2, 0.25) is 0 Å². The summed E-state index contributed by atoms with van der Waals surface area (Å²) in [6.07, 6.45) is 1.37. The smallest absolute Gasteiger partial charge is 0.126 e. The average molecular weight is 287 g/mol. The zero-order valence-corrected chi connectivity index (χ0v) is 12.3. The number of aliphatic hydroxyl groups is 1. The number of aliphatic hydroxyl groups excluding tert-OH is 1. The molecule has 0 fully saturated rings. The normalized spacial score (nSPS) is 13.9. The number of hydrogen-bond acceptors (Lipinski definition) is 2. The van der Waals surface area contributed by atoms with E-state index >= 15 is 0 Å². The van der Waals surface area contributed by atoms with Gasteiger partial charge < -0.3 is 10.4 Å². The van der Waals surface area contributed by atoms with Crippen molar-refractivity contribution in [2.75, 3.05) is 6.61 Å². The van der Waals surface area contributed by atoms with E-state index in [0.717, 1.165) is 6.42 Å². The molecule has 112 valence electrons. The van der Waals surface area contributed by atoms with E-state index in [1.165, 1.54) is 11.6 Å². The van der Waals surface area contributed by atoms with Crippen molar-refractivity contribution in [1.82, 2.24) is 5.32 Å². The molecule has 2 rings (SSSR count). The molecule has 2 nitrogen and oxygen atoms in total. The third-order valence-corrected chi connectivity index (χ3v) is 3.55. The minimum Gasteiger partial charge on any atom is -0.395 e. The Hall–Kier alpha value is -1.71. The van der Waals surface area contributed by atoms with Gasteiger partial charge in [-0.2, -0.15) is 0 Å². The van der Waals surface area contributed by atoms with Crippen molar-refractivity contribution >= 4 is 0 Å². The van der Waals surface area contributed by atoms with Gasteiger partial charge in [-0.15, -0.1) is 0 Å². The van der Waals surface area contributed by atoms with Gasteiger partial charge in [-0.25, -0.2) is 4.39 Å². The van der Waals surface area contributed by atoms with Crippen LogP contribution in [-0.4, -0.2) is 23.8 Å². The van der Waals surface area contributed by atoms with Crippen molar-refractivity contribution in [1.29, 1.82) is 0 Å². The molecule has 0 saturated heterocycles. The lowest BCUT2D eigenvalue weighted by atomic mass is 10.0. The molecule has 2 aromatic carbocycles. The molecule has 21 heavy (non-hydrogen) atoms. The Morgan fingerprint density at radius 3 is 2.33 bits per heavy atom. The summed E-state index contributed by atoms with van der Waals surface area (Å²) in [5.74, 6) is -0.172. The molecule has 0 aliphatic rings. The van der Waals surface area contributed by atoms with Crippen LogP contribution in [0.15, 0.2) is 54.6 Å². The molecule has 0 saturated carbocycles. The summed E-state index contributed by atoms with van der Waals surface area (Å²) in [5.41, 5.74) is 1.89. The minimum atomic E-state index is -0.172. The zero-order valence-electron chi connectivity index (χ0n) is 12.3. The van der Waals surface area contributed by atoms with Gasteiger partial charge in [0.05, 0.1) is 6.61 Å². The van der Waals surface area contributed by atoms with Gasteiger partial charge in [-0.3, -0.25) is 0 Å². The van der Waals surface area contributed by atoms with Crippen LogP contribution in [0, 0.1) is 5.82 Å². The zero-order chi connectivity index (χ0) is 15.1. The third-order valence-electron chi connectivity index (χ3n) is 3.55. The van der Waals surface area contributed by atoms with E-state index < -0.39 is 0 Å². The molecule has 0 aromatic heterocycles. The van der Waals surface area contributed by atoms with Crippen LogP contribution >= 0.6 is 0 Å². The van der Waals surface area contributed by atoms with Crippen LogP contribution in [-0.2, 0) is 12.8 Å². The fourth-order valence-electron chi connectivity index (χ4n) is 2.53. The quantitative estimate of drug-likeness (QED) is 0.820. The lowest BCUT2D eigenvalue weighted by Crippen LogP contribution is -2.41. The van der Waals surface area contributed by atoms with Crippen molar-refractivity contribution < 1.29 is 9.50 Å². The lowest BCUT2D eigenvalue weighted by molar-refractivity contribution is 0.232. The van der Waals surface area contributed by atoms with E-state index in [9.17, 15) is 9.50 Å². The average Bonchev–Trinajstić information content (AvgIpc) is 2.50. The van der Waals surface area contributed by atoms with Crippen molar-refractivity contribution in [3.05, 3.63) is 71.5 Å². The van der Waals surface area contributed by atoms with Gasteiger partial charge in [0.1, 0.15) is 5.82 Å². The Morgan fingerprint density at radius 2 is 1.67 bits per heavy atom. The first-order valence-electron chi connectivity index (χ1n) is 7.33. The van der Waals surface area contributed by atoms with Crippen molar-refractivity contribution in [2.45, 2.75) is 31.8 Å². The van der Waals surface area contributed by atoms with E-state index in [1.54, 1.807) is 12.1 Å². The van der Waals surface area contributed by atoms with Crippen LogP contribution < -0.4 is 5.32 Å². The second-order valence-corrected chi connectivity index (χ2v) is 5.43. The Balaban J connectivity index is 1.91. The molecule has 2 atom stereocenters. The largest absolute Gasteiger partial charge is 0.395 e. The molecular formula is C18H22FNO.